The zero-order chi connectivity index (χ0) is 18.1. The van der Waals surface area contributed by atoms with Crippen LogP contribution in [0.1, 0.15) is 24.5 Å². The fraction of sp³-hybridized carbons (Fsp3) is 0.316. The maximum Gasteiger partial charge on any atom is 0.293 e. The maximum atomic E-state index is 13.1. The van der Waals surface area contributed by atoms with E-state index >= 15 is 0 Å². The van der Waals surface area contributed by atoms with E-state index in [0.29, 0.717) is 19.0 Å². The van der Waals surface area contributed by atoms with Crippen molar-refractivity contribution in [3.05, 3.63) is 53.7 Å². The van der Waals surface area contributed by atoms with Gasteiger partial charge in [0, 0.05) is 6.54 Å². The van der Waals surface area contributed by atoms with Crippen LogP contribution >= 0.6 is 11.3 Å². The third-order valence-electron chi connectivity index (χ3n) is 4.41. The van der Waals surface area contributed by atoms with Crippen molar-refractivity contribution in [2.24, 2.45) is 0 Å². The highest BCUT2D eigenvalue weighted by atomic mass is 32.1. The summed E-state index contributed by atoms with van der Waals surface area (Å²) in [7, 11) is 0. The number of thiophene rings is 1. The van der Waals surface area contributed by atoms with Crippen molar-refractivity contribution >= 4 is 17.2 Å². The molecular formula is C19H20N4O2S. The second kappa shape index (κ2) is 7.01. The molecule has 0 saturated carbocycles. The van der Waals surface area contributed by atoms with Crippen molar-refractivity contribution in [2.45, 2.75) is 26.0 Å². The molecule has 2 atom stereocenters. The van der Waals surface area contributed by atoms with Crippen molar-refractivity contribution in [2.75, 3.05) is 13.2 Å². The molecule has 1 aliphatic heterocycles. The number of morpholine rings is 1. The van der Waals surface area contributed by atoms with E-state index in [1.54, 1.807) is 20.9 Å². The highest BCUT2D eigenvalue weighted by molar-refractivity contribution is 7.13. The minimum Gasteiger partial charge on any atom is -0.375 e. The van der Waals surface area contributed by atoms with Gasteiger partial charge in [-0.2, -0.15) is 0 Å². The summed E-state index contributed by atoms with van der Waals surface area (Å²) < 4.78 is 7.37. The molecule has 6 nitrogen and oxygen atoms in total. The largest absolute Gasteiger partial charge is 0.375 e. The van der Waals surface area contributed by atoms with Gasteiger partial charge in [0.1, 0.15) is 0 Å². The molecule has 1 aliphatic rings. The van der Waals surface area contributed by atoms with Crippen LogP contribution in [0.5, 0.6) is 0 Å². The number of hydrogen-bond donors (Lipinski definition) is 0. The van der Waals surface area contributed by atoms with Crippen LogP contribution in [0, 0.1) is 0 Å². The molecule has 3 heterocycles. The number of amides is 1. The van der Waals surface area contributed by atoms with Crippen LogP contribution in [0.3, 0.4) is 0 Å². The molecule has 1 aromatic carbocycles. The zero-order valence-corrected chi connectivity index (χ0v) is 15.5. The number of aromatic nitrogens is 3. The molecule has 1 saturated heterocycles. The van der Waals surface area contributed by atoms with Gasteiger partial charge in [0.15, 0.2) is 5.82 Å². The highest BCUT2D eigenvalue weighted by Crippen LogP contribution is 2.26. The van der Waals surface area contributed by atoms with Gasteiger partial charge in [-0.3, -0.25) is 4.79 Å². The fourth-order valence-corrected chi connectivity index (χ4v) is 3.73. The summed E-state index contributed by atoms with van der Waals surface area (Å²) in [4.78, 5) is 20.4. The number of para-hydroxylation sites is 1. The Morgan fingerprint density at radius 1 is 1.19 bits per heavy atom. The molecule has 0 aliphatic carbocycles. The second-order valence-electron chi connectivity index (χ2n) is 6.43. The van der Waals surface area contributed by atoms with Crippen molar-refractivity contribution in [1.82, 2.24) is 19.7 Å². The standard InChI is InChI=1S/C19H20N4O2S/c1-13-12-25-14(2)11-22(13)19(24)17-20-18(16-9-6-10-26-16)23(21-17)15-7-4-3-5-8-15/h3-10,13-14H,11-12H2,1-2H3. The first-order chi connectivity index (χ1) is 12.6. The molecule has 2 aromatic heterocycles. The molecule has 3 aromatic rings. The Labute approximate surface area is 156 Å². The van der Waals surface area contributed by atoms with E-state index in [-0.39, 0.29) is 23.9 Å². The lowest BCUT2D eigenvalue weighted by molar-refractivity contribution is -0.0391. The molecule has 26 heavy (non-hydrogen) atoms. The van der Waals surface area contributed by atoms with Gasteiger partial charge in [-0.1, -0.05) is 24.3 Å². The summed E-state index contributed by atoms with van der Waals surface area (Å²) in [5.74, 6) is 0.752. The number of benzene rings is 1. The van der Waals surface area contributed by atoms with Gasteiger partial charge >= 0.3 is 0 Å². The average molecular weight is 368 g/mol. The lowest BCUT2D eigenvalue weighted by Gasteiger charge is -2.36. The second-order valence-corrected chi connectivity index (χ2v) is 7.38. The van der Waals surface area contributed by atoms with E-state index in [1.807, 2.05) is 61.7 Å². The molecular weight excluding hydrogens is 348 g/mol. The smallest absolute Gasteiger partial charge is 0.293 e. The van der Waals surface area contributed by atoms with E-state index in [9.17, 15) is 4.79 Å². The topological polar surface area (TPSA) is 60.2 Å². The first-order valence-corrected chi connectivity index (χ1v) is 9.50. The number of nitrogens with zero attached hydrogens (tertiary/aromatic N) is 4. The number of ether oxygens (including phenoxy) is 1. The third-order valence-corrected chi connectivity index (χ3v) is 5.28. The summed E-state index contributed by atoms with van der Waals surface area (Å²) in [5, 5.41) is 6.54. The first kappa shape index (κ1) is 16.9. The van der Waals surface area contributed by atoms with Gasteiger partial charge in [0.05, 0.1) is 29.3 Å². The molecule has 0 N–H and O–H groups in total. The lowest BCUT2D eigenvalue weighted by Crippen LogP contribution is -2.50. The highest BCUT2D eigenvalue weighted by Gasteiger charge is 2.31. The van der Waals surface area contributed by atoms with Crippen LogP contribution in [0.15, 0.2) is 47.8 Å². The fourth-order valence-electron chi connectivity index (χ4n) is 3.03. The van der Waals surface area contributed by atoms with Gasteiger partial charge in [-0.05, 0) is 37.4 Å². The Hall–Kier alpha value is -2.51. The third kappa shape index (κ3) is 3.15. The predicted molar refractivity (Wildman–Crippen MR) is 101 cm³/mol. The average Bonchev–Trinajstić information content (AvgIpc) is 3.33. The molecule has 1 amide bonds. The van der Waals surface area contributed by atoms with Crippen molar-refractivity contribution in [3.8, 4) is 16.4 Å². The Morgan fingerprint density at radius 3 is 2.73 bits per heavy atom. The quantitative estimate of drug-likeness (QED) is 0.712. The van der Waals surface area contributed by atoms with Gasteiger partial charge in [0.2, 0.25) is 5.82 Å². The summed E-state index contributed by atoms with van der Waals surface area (Å²) >= 11 is 1.58. The van der Waals surface area contributed by atoms with E-state index in [1.165, 1.54) is 0 Å². The summed E-state index contributed by atoms with van der Waals surface area (Å²) in [6, 6.07) is 13.7. The van der Waals surface area contributed by atoms with Gasteiger partial charge in [-0.25, -0.2) is 9.67 Å². The molecule has 7 heteroatoms. The van der Waals surface area contributed by atoms with Crippen LogP contribution in [0.4, 0.5) is 0 Å². The normalized spacial score (nSPS) is 20.3. The monoisotopic (exact) mass is 368 g/mol. The molecule has 2 unspecified atom stereocenters. The van der Waals surface area contributed by atoms with Crippen LogP contribution in [-0.4, -0.2) is 50.9 Å². The molecule has 134 valence electrons. The SMILES string of the molecule is CC1CN(C(=O)c2nc(-c3cccs3)n(-c3ccccc3)n2)C(C)CO1. The van der Waals surface area contributed by atoms with Crippen LogP contribution in [0.2, 0.25) is 0 Å². The van der Waals surface area contributed by atoms with Crippen molar-refractivity contribution < 1.29 is 9.53 Å². The molecule has 0 radical (unpaired) electrons. The number of rotatable bonds is 3. The number of carbonyl (C=O) groups is 1. The van der Waals surface area contributed by atoms with Gasteiger partial charge < -0.3 is 9.64 Å². The molecule has 4 rings (SSSR count). The summed E-state index contributed by atoms with van der Waals surface area (Å²) in [6.07, 6.45) is 0.0168. The van der Waals surface area contributed by atoms with Gasteiger partial charge in [-0.15, -0.1) is 16.4 Å². The summed E-state index contributed by atoms with van der Waals surface area (Å²) in [5.41, 5.74) is 0.880. The minimum absolute atomic E-state index is 0.00700. The zero-order valence-electron chi connectivity index (χ0n) is 14.7. The Morgan fingerprint density at radius 2 is 2.00 bits per heavy atom. The minimum atomic E-state index is -0.153. The molecule has 0 spiro atoms. The van der Waals surface area contributed by atoms with Crippen LogP contribution in [0.25, 0.3) is 16.4 Å². The van der Waals surface area contributed by atoms with E-state index < -0.39 is 0 Å². The Bertz CT molecular complexity index is 892. The van der Waals surface area contributed by atoms with Crippen LogP contribution in [-0.2, 0) is 4.74 Å². The van der Waals surface area contributed by atoms with E-state index in [4.69, 9.17) is 4.74 Å². The van der Waals surface area contributed by atoms with Crippen LogP contribution < -0.4 is 0 Å². The summed E-state index contributed by atoms with van der Waals surface area (Å²) in [6.45, 7) is 5.04. The maximum absolute atomic E-state index is 13.1. The van der Waals surface area contributed by atoms with Gasteiger partial charge in [0.25, 0.3) is 5.91 Å². The number of carbonyl (C=O) groups excluding carboxylic acids is 1. The van der Waals surface area contributed by atoms with Crippen molar-refractivity contribution in [1.29, 1.82) is 0 Å². The van der Waals surface area contributed by atoms with E-state index in [0.717, 1.165) is 10.6 Å². The molecule has 1 fully saturated rings. The lowest BCUT2D eigenvalue weighted by atomic mass is 10.2. The number of hydrogen-bond acceptors (Lipinski definition) is 5. The first-order valence-electron chi connectivity index (χ1n) is 8.62. The predicted octanol–water partition coefficient (Wildman–Crippen LogP) is 3.25. The van der Waals surface area contributed by atoms with Crippen molar-refractivity contribution in [3.63, 3.8) is 0 Å². The molecule has 0 bridgehead atoms. The van der Waals surface area contributed by atoms with E-state index in [2.05, 4.69) is 10.1 Å². The Kier molecular flexibility index (Phi) is 4.57. The Balaban J connectivity index is 1.75.